The van der Waals surface area contributed by atoms with E-state index in [9.17, 15) is 9.59 Å². The highest BCUT2D eigenvalue weighted by atomic mass is 16.5. The number of nitrogens with one attached hydrogen (secondary N) is 1. The van der Waals surface area contributed by atoms with Crippen LogP contribution in [0.5, 0.6) is 0 Å². The van der Waals surface area contributed by atoms with E-state index in [1.54, 1.807) is 7.11 Å². The highest BCUT2D eigenvalue weighted by Gasteiger charge is 2.41. The number of ether oxygens (including phenoxy) is 2. The van der Waals surface area contributed by atoms with Gasteiger partial charge in [-0.05, 0) is 18.3 Å². The molecule has 0 aromatic heterocycles. The average Bonchev–Trinajstić information content (AvgIpc) is 2.96. The van der Waals surface area contributed by atoms with Crippen LogP contribution in [-0.2, 0) is 14.3 Å². The zero-order chi connectivity index (χ0) is 17.6. The minimum atomic E-state index is -0.574. The van der Waals surface area contributed by atoms with Crippen molar-refractivity contribution in [1.29, 1.82) is 0 Å². The summed E-state index contributed by atoms with van der Waals surface area (Å²) < 4.78 is 10.2. The Morgan fingerprint density at radius 2 is 1.83 bits per heavy atom. The second-order valence-corrected chi connectivity index (χ2v) is 6.59. The number of likely N-dealkylation sites (tertiary alicyclic amines) is 1. The Hall–Kier alpha value is -1.30. The molecule has 0 aliphatic carbocycles. The van der Waals surface area contributed by atoms with Crippen LogP contribution in [0.3, 0.4) is 0 Å². The van der Waals surface area contributed by atoms with E-state index in [1.807, 2.05) is 18.7 Å². The number of hydrogen-bond acceptors (Lipinski definition) is 4. The standard InChI is InChI=1S/C17H32N2O4/c1-7-12(8-2)14-9-13(22-5)10-19(14)16(20)15(11(3)4)18-17(21)23-6/h11-15H,7-10H2,1-6H3,(H,18,21)/t13-,14-,15-/m0/s1. The molecule has 1 rings (SSSR count). The van der Waals surface area contributed by atoms with Crippen LogP contribution >= 0.6 is 0 Å². The maximum Gasteiger partial charge on any atom is 0.407 e. The van der Waals surface area contributed by atoms with Crippen molar-refractivity contribution in [2.24, 2.45) is 11.8 Å². The molecule has 1 fully saturated rings. The highest BCUT2D eigenvalue weighted by Crippen LogP contribution is 2.30. The van der Waals surface area contributed by atoms with Gasteiger partial charge in [-0.15, -0.1) is 0 Å². The van der Waals surface area contributed by atoms with Gasteiger partial charge in [-0.25, -0.2) is 4.79 Å². The van der Waals surface area contributed by atoms with Gasteiger partial charge >= 0.3 is 6.09 Å². The van der Waals surface area contributed by atoms with Gasteiger partial charge < -0.3 is 19.7 Å². The molecule has 0 aromatic rings. The smallest absolute Gasteiger partial charge is 0.407 e. The van der Waals surface area contributed by atoms with Gasteiger partial charge in [-0.3, -0.25) is 4.79 Å². The summed E-state index contributed by atoms with van der Waals surface area (Å²) in [5.41, 5.74) is 0. The number of alkyl carbamates (subject to hydrolysis) is 1. The van der Waals surface area contributed by atoms with E-state index in [0.29, 0.717) is 12.5 Å². The normalized spacial score (nSPS) is 22.5. The van der Waals surface area contributed by atoms with E-state index in [1.165, 1.54) is 7.11 Å². The Morgan fingerprint density at radius 1 is 1.22 bits per heavy atom. The molecule has 1 N–H and O–H groups in total. The van der Waals surface area contributed by atoms with Gasteiger partial charge in [-0.2, -0.15) is 0 Å². The van der Waals surface area contributed by atoms with Crippen molar-refractivity contribution in [3.05, 3.63) is 0 Å². The Balaban J connectivity index is 2.96. The van der Waals surface area contributed by atoms with E-state index in [0.717, 1.165) is 19.3 Å². The van der Waals surface area contributed by atoms with Crippen molar-refractivity contribution in [2.75, 3.05) is 20.8 Å². The quantitative estimate of drug-likeness (QED) is 0.779. The Morgan fingerprint density at radius 3 is 2.26 bits per heavy atom. The van der Waals surface area contributed by atoms with Crippen molar-refractivity contribution >= 4 is 12.0 Å². The van der Waals surface area contributed by atoms with Gasteiger partial charge in [0.05, 0.1) is 13.2 Å². The first-order valence-electron chi connectivity index (χ1n) is 8.57. The summed E-state index contributed by atoms with van der Waals surface area (Å²) >= 11 is 0. The summed E-state index contributed by atoms with van der Waals surface area (Å²) in [6, 6.07) is -0.405. The number of amides is 2. The van der Waals surface area contributed by atoms with E-state index in [2.05, 4.69) is 23.9 Å². The first-order chi connectivity index (χ1) is 10.9. The molecule has 6 nitrogen and oxygen atoms in total. The molecule has 0 bridgehead atoms. The molecule has 0 saturated carbocycles. The van der Waals surface area contributed by atoms with Gasteiger partial charge in [0, 0.05) is 19.7 Å². The lowest BCUT2D eigenvalue weighted by Crippen LogP contribution is -2.53. The van der Waals surface area contributed by atoms with Crippen LogP contribution in [0.1, 0.15) is 47.0 Å². The molecular weight excluding hydrogens is 296 g/mol. The monoisotopic (exact) mass is 328 g/mol. The zero-order valence-corrected chi connectivity index (χ0v) is 15.3. The van der Waals surface area contributed by atoms with Crippen LogP contribution in [0.2, 0.25) is 0 Å². The highest BCUT2D eigenvalue weighted by molar-refractivity contribution is 5.86. The second-order valence-electron chi connectivity index (χ2n) is 6.59. The van der Waals surface area contributed by atoms with Crippen molar-refractivity contribution < 1.29 is 19.1 Å². The minimum absolute atomic E-state index is 0.00875. The summed E-state index contributed by atoms with van der Waals surface area (Å²) in [7, 11) is 3.00. The molecule has 1 aliphatic rings. The minimum Gasteiger partial charge on any atom is -0.453 e. The summed E-state index contributed by atoms with van der Waals surface area (Å²) in [6.07, 6.45) is 2.41. The lowest BCUT2D eigenvalue weighted by molar-refractivity contribution is -0.136. The first kappa shape index (κ1) is 19.7. The molecule has 0 spiro atoms. The molecule has 6 heteroatoms. The van der Waals surface area contributed by atoms with Gasteiger partial charge in [0.2, 0.25) is 5.91 Å². The molecule has 1 aliphatic heterocycles. The number of carbonyl (C=O) groups excluding carboxylic acids is 2. The molecule has 0 unspecified atom stereocenters. The fourth-order valence-corrected chi connectivity index (χ4v) is 3.41. The number of carbonyl (C=O) groups is 2. The molecule has 3 atom stereocenters. The largest absolute Gasteiger partial charge is 0.453 e. The van der Waals surface area contributed by atoms with E-state index in [4.69, 9.17) is 4.74 Å². The Bertz CT molecular complexity index is 396. The van der Waals surface area contributed by atoms with Crippen molar-refractivity contribution in [1.82, 2.24) is 10.2 Å². The number of rotatable bonds is 7. The van der Waals surface area contributed by atoms with Crippen LogP contribution in [-0.4, -0.2) is 55.9 Å². The second kappa shape index (κ2) is 9.11. The third-order valence-electron chi connectivity index (χ3n) is 4.91. The van der Waals surface area contributed by atoms with Crippen LogP contribution in [0.25, 0.3) is 0 Å². The summed E-state index contributed by atoms with van der Waals surface area (Å²) in [4.78, 5) is 26.5. The molecule has 134 valence electrons. The molecule has 23 heavy (non-hydrogen) atoms. The van der Waals surface area contributed by atoms with Crippen LogP contribution in [0, 0.1) is 11.8 Å². The van der Waals surface area contributed by atoms with E-state index in [-0.39, 0.29) is 24.0 Å². The van der Waals surface area contributed by atoms with Gasteiger partial charge in [0.15, 0.2) is 0 Å². The summed E-state index contributed by atoms with van der Waals surface area (Å²) in [5, 5.41) is 2.68. The molecular formula is C17H32N2O4. The fourth-order valence-electron chi connectivity index (χ4n) is 3.41. The third kappa shape index (κ3) is 4.83. The number of nitrogens with zero attached hydrogens (tertiary/aromatic N) is 1. The van der Waals surface area contributed by atoms with Gasteiger partial charge in [0.25, 0.3) is 0 Å². The number of hydrogen-bond donors (Lipinski definition) is 1. The molecule has 0 aromatic carbocycles. The maximum atomic E-state index is 13.0. The maximum absolute atomic E-state index is 13.0. The van der Waals surface area contributed by atoms with Gasteiger partial charge in [-0.1, -0.05) is 40.5 Å². The lowest BCUT2D eigenvalue weighted by atomic mass is 9.91. The van der Waals surface area contributed by atoms with Crippen molar-refractivity contribution in [3.8, 4) is 0 Å². The van der Waals surface area contributed by atoms with E-state index < -0.39 is 12.1 Å². The Kier molecular flexibility index (Phi) is 7.82. The fraction of sp³-hybridized carbons (Fsp3) is 0.882. The molecule has 1 heterocycles. The lowest BCUT2D eigenvalue weighted by Gasteiger charge is -2.34. The van der Waals surface area contributed by atoms with Crippen LogP contribution in [0.15, 0.2) is 0 Å². The SMILES string of the molecule is CCC(CC)[C@@H]1C[C@H](OC)CN1C(=O)[C@@H](NC(=O)OC)C(C)C. The van der Waals surface area contributed by atoms with Crippen LogP contribution < -0.4 is 5.32 Å². The predicted octanol–water partition coefficient (Wildman–Crippen LogP) is 2.42. The van der Waals surface area contributed by atoms with Crippen molar-refractivity contribution in [2.45, 2.75) is 65.1 Å². The number of methoxy groups -OCH3 is 2. The van der Waals surface area contributed by atoms with Crippen molar-refractivity contribution in [3.63, 3.8) is 0 Å². The summed E-state index contributed by atoms with van der Waals surface area (Å²) in [6.45, 7) is 8.75. The van der Waals surface area contributed by atoms with E-state index >= 15 is 0 Å². The Labute approximate surface area is 139 Å². The average molecular weight is 328 g/mol. The molecule has 0 radical (unpaired) electrons. The molecule has 2 amide bonds. The predicted molar refractivity (Wildman–Crippen MR) is 89.2 cm³/mol. The third-order valence-corrected chi connectivity index (χ3v) is 4.91. The van der Waals surface area contributed by atoms with Crippen LogP contribution in [0.4, 0.5) is 4.79 Å². The topological polar surface area (TPSA) is 67.9 Å². The first-order valence-corrected chi connectivity index (χ1v) is 8.57. The van der Waals surface area contributed by atoms with Gasteiger partial charge in [0.1, 0.15) is 6.04 Å². The zero-order valence-electron chi connectivity index (χ0n) is 15.3. The molecule has 1 saturated heterocycles. The summed E-state index contributed by atoms with van der Waals surface area (Å²) in [5.74, 6) is 0.400.